The Kier molecular flexibility index (Phi) is 3.79. The fraction of sp³-hybridized carbons (Fsp3) is 0.556. The molecule has 2 unspecified atom stereocenters. The van der Waals surface area contributed by atoms with Crippen LogP contribution in [0.3, 0.4) is 0 Å². The van der Waals surface area contributed by atoms with E-state index in [0.717, 1.165) is 5.82 Å². The Hall–Kier alpha value is -1.20. The summed E-state index contributed by atoms with van der Waals surface area (Å²) in [6.07, 6.45) is 1.16. The van der Waals surface area contributed by atoms with E-state index in [0.29, 0.717) is 12.4 Å². The predicted octanol–water partition coefficient (Wildman–Crippen LogP) is -0.0950. The van der Waals surface area contributed by atoms with Crippen LogP contribution in [0.25, 0.3) is 0 Å². The van der Waals surface area contributed by atoms with Gasteiger partial charge in [0.2, 0.25) is 0 Å². The molecule has 0 aliphatic carbocycles. The van der Waals surface area contributed by atoms with Crippen LogP contribution in [-0.4, -0.2) is 33.8 Å². The van der Waals surface area contributed by atoms with E-state index in [4.69, 9.17) is 10.8 Å². The maximum atomic E-state index is 9.16. The molecule has 0 saturated carbocycles. The summed E-state index contributed by atoms with van der Waals surface area (Å²) in [5, 5.41) is 12.2. The molecule has 0 fully saturated rings. The van der Waals surface area contributed by atoms with Gasteiger partial charge < -0.3 is 16.2 Å². The summed E-state index contributed by atoms with van der Waals surface area (Å²) in [5.74, 6) is 1.44. The zero-order valence-corrected chi connectivity index (χ0v) is 8.44. The lowest BCUT2D eigenvalue weighted by atomic mass is 10.2. The van der Waals surface area contributed by atoms with Gasteiger partial charge in [0.1, 0.15) is 11.6 Å². The van der Waals surface area contributed by atoms with Gasteiger partial charge in [-0.15, -0.1) is 0 Å². The highest BCUT2D eigenvalue weighted by molar-refractivity contribution is 5.32. The van der Waals surface area contributed by atoms with Crippen molar-refractivity contribution in [1.82, 2.24) is 9.97 Å². The number of nitrogens with two attached hydrogens (primary N) is 1. The lowest BCUT2D eigenvalue weighted by molar-refractivity contribution is 0.168. The van der Waals surface area contributed by atoms with Crippen LogP contribution in [0.1, 0.15) is 12.7 Å². The van der Waals surface area contributed by atoms with Crippen molar-refractivity contribution >= 4 is 5.82 Å². The monoisotopic (exact) mass is 196 g/mol. The predicted molar refractivity (Wildman–Crippen MR) is 54.9 cm³/mol. The third kappa shape index (κ3) is 3.27. The zero-order chi connectivity index (χ0) is 10.6. The van der Waals surface area contributed by atoms with Gasteiger partial charge in [0.05, 0.1) is 6.10 Å². The third-order valence-electron chi connectivity index (χ3n) is 1.91. The molecule has 0 aliphatic heterocycles. The maximum Gasteiger partial charge on any atom is 0.129 e. The molecule has 0 saturated heterocycles. The first-order chi connectivity index (χ1) is 6.59. The van der Waals surface area contributed by atoms with Gasteiger partial charge in [-0.3, -0.25) is 0 Å². The number of nitrogens with zero attached hydrogens (tertiary/aromatic N) is 2. The van der Waals surface area contributed by atoms with Crippen LogP contribution in [0.15, 0.2) is 12.3 Å². The molecule has 78 valence electrons. The molecule has 0 aromatic carbocycles. The van der Waals surface area contributed by atoms with Gasteiger partial charge in [-0.05, 0) is 19.9 Å². The molecule has 0 spiro atoms. The highest BCUT2D eigenvalue weighted by Gasteiger charge is 2.08. The summed E-state index contributed by atoms with van der Waals surface area (Å²) in [4.78, 5) is 8.12. The van der Waals surface area contributed by atoms with Crippen molar-refractivity contribution in [1.29, 1.82) is 0 Å². The highest BCUT2D eigenvalue weighted by atomic mass is 16.3. The van der Waals surface area contributed by atoms with Crippen LogP contribution in [0.2, 0.25) is 0 Å². The zero-order valence-electron chi connectivity index (χ0n) is 8.44. The number of hydrogen-bond donors (Lipinski definition) is 3. The van der Waals surface area contributed by atoms with Gasteiger partial charge in [0.25, 0.3) is 0 Å². The number of aliphatic hydroxyl groups excluding tert-OH is 1. The second kappa shape index (κ2) is 4.88. The molecule has 1 rings (SSSR count). The summed E-state index contributed by atoms with van der Waals surface area (Å²) < 4.78 is 0. The molecule has 14 heavy (non-hydrogen) atoms. The van der Waals surface area contributed by atoms with Crippen LogP contribution >= 0.6 is 0 Å². The van der Waals surface area contributed by atoms with E-state index in [1.54, 1.807) is 19.2 Å². The average Bonchev–Trinajstić information content (AvgIpc) is 2.14. The van der Waals surface area contributed by atoms with Gasteiger partial charge in [-0.25, -0.2) is 9.97 Å². The number of aromatic nitrogens is 2. The topological polar surface area (TPSA) is 84.1 Å². The average molecular weight is 196 g/mol. The molecule has 5 nitrogen and oxygen atoms in total. The van der Waals surface area contributed by atoms with Crippen LogP contribution in [-0.2, 0) is 0 Å². The van der Waals surface area contributed by atoms with E-state index in [1.165, 1.54) is 0 Å². The minimum absolute atomic E-state index is 0.287. The van der Waals surface area contributed by atoms with E-state index in [9.17, 15) is 0 Å². The molecular weight excluding hydrogens is 180 g/mol. The van der Waals surface area contributed by atoms with E-state index >= 15 is 0 Å². The summed E-state index contributed by atoms with van der Waals surface area (Å²) in [6, 6.07) is 1.48. The maximum absolute atomic E-state index is 9.16. The van der Waals surface area contributed by atoms with E-state index in [-0.39, 0.29) is 6.04 Å². The van der Waals surface area contributed by atoms with Crippen molar-refractivity contribution in [3.05, 3.63) is 18.1 Å². The highest BCUT2D eigenvalue weighted by Crippen LogP contribution is 2.01. The first-order valence-corrected chi connectivity index (χ1v) is 4.57. The Balaban J connectivity index is 2.45. The molecule has 0 bridgehead atoms. The number of rotatable bonds is 4. The first kappa shape index (κ1) is 10.9. The Morgan fingerprint density at radius 1 is 1.64 bits per heavy atom. The largest absolute Gasteiger partial charge is 0.392 e. The normalized spacial score (nSPS) is 14.9. The number of anilines is 1. The minimum atomic E-state index is -0.523. The quantitative estimate of drug-likeness (QED) is 0.626. The summed E-state index contributed by atoms with van der Waals surface area (Å²) in [6.45, 7) is 3.98. The van der Waals surface area contributed by atoms with Crippen molar-refractivity contribution in [2.45, 2.75) is 26.0 Å². The number of hydrogen-bond acceptors (Lipinski definition) is 5. The van der Waals surface area contributed by atoms with E-state index < -0.39 is 6.10 Å². The lowest BCUT2D eigenvalue weighted by Gasteiger charge is -2.15. The van der Waals surface area contributed by atoms with Crippen molar-refractivity contribution in [3.8, 4) is 0 Å². The van der Waals surface area contributed by atoms with Crippen LogP contribution in [0.5, 0.6) is 0 Å². The van der Waals surface area contributed by atoms with Crippen LogP contribution in [0.4, 0.5) is 5.82 Å². The molecule has 5 heteroatoms. The fourth-order valence-electron chi connectivity index (χ4n) is 0.948. The fourth-order valence-corrected chi connectivity index (χ4v) is 0.948. The Morgan fingerprint density at radius 3 is 2.93 bits per heavy atom. The van der Waals surface area contributed by atoms with Crippen LogP contribution < -0.4 is 11.1 Å². The minimum Gasteiger partial charge on any atom is -0.392 e. The number of aryl methyl sites for hydroxylation is 1. The van der Waals surface area contributed by atoms with Gasteiger partial charge >= 0.3 is 0 Å². The standard InChI is InChI=1S/C9H16N4O/c1-6(14)8(10)5-12-9-3-4-11-7(2)13-9/h3-4,6,8,14H,5,10H2,1-2H3,(H,11,12,13). The van der Waals surface area contributed by atoms with E-state index in [2.05, 4.69) is 15.3 Å². The van der Waals surface area contributed by atoms with Crippen molar-refractivity contribution in [2.75, 3.05) is 11.9 Å². The molecule has 1 aromatic heterocycles. The summed E-state index contributed by atoms with van der Waals surface area (Å²) in [5.41, 5.74) is 5.65. The number of nitrogens with one attached hydrogen (secondary N) is 1. The Bertz CT molecular complexity index is 290. The lowest BCUT2D eigenvalue weighted by Crippen LogP contribution is -2.38. The first-order valence-electron chi connectivity index (χ1n) is 4.57. The number of aliphatic hydroxyl groups is 1. The Morgan fingerprint density at radius 2 is 2.36 bits per heavy atom. The molecule has 2 atom stereocenters. The molecule has 0 aliphatic rings. The van der Waals surface area contributed by atoms with Gasteiger partial charge in [-0.2, -0.15) is 0 Å². The summed E-state index contributed by atoms with van der Waals surface area (Å²) >= 11 is 0. The molecular formula is C9H16N4O. The van der Waals surface area contributed by atoms with Crippen LogP contribution in [0, 0.1) is 6.92 Å². The van der Waals surface area contributed by atoms with E-state index in [1.807, 2.05) is 6.92 Å². The Labute approximate surface area is 83.4 Å². The second-order valence-corrected chi connectivity index (χ2v) is 3.27. The van der Waals surface area contributed by atoms with Crippen molar-refractivity contribution < 1.29 is 5.11 Å². The molecule has 4 N–H and O–H groups in total. The van der Waals surface area contributed by atoms with Gasteiger partial charge in [0, 0.05) is 18.8 Å². The molecule has 1 aromatic rings. The third-order valence-corrected chi connectivity index (χ3v) is 1.91. The molecule has 1 heterocycles. The molecule has 0 radical (unpaired) electrons. The van der Waals surface area contributed by atoms with Crippen molar-refractivity contribution in [3.63, 3.8) is 0 Å². The van der Waals surface area contributed by atoms with Gasteiger partial charge in [-0.1, -0.05) is 0 Å². The molecule has 0 amide bonds. The SMILES string of the molecule is Cc1nccc(NCC(N)C(C)O)n1. The smallest absolute Gasteiger partial charge is 0.129 e. The second-order valence-electron chi connectivity index (χ2n) is 3.27. The van der Waals surface area contributed by atoms with Gasteiger partial charge in [0.15, 0.2) is 0 Å². The summed E-state index contributed by atoms with van der Waals surface area (Å²) in [7, 11) is 0. The van der Waals surface area contributed by atoms with Crippen molar-refractivity contribution in [2.24, 2.45) is 5.73 Å².